The largest absolute Gasteiger partial charge is 0.476 e. The molecule has 0 saturated carbocycles. The van der Waals surface area contributed by atoms with Crippen molar-refractivity contribution in [3.63, 3.8) is 0 Å². The first-order valence-electron chi connectivity index (χ1n) is 4.43. The number of hydrogen-bond acceptors (Lipinski definition) is 5. The highest BCUT2D eigenvalue weighted by Crippen LogP contribution is 2.11. The highest BCUT2D eigenvalue weighted by molar-refractivity contribution is 5.95. The van der Waals surface area contributed by atoms with Gasteiger partial charge in [0.2, 0.25) is 5.69 Å². The lowest BCUT2D eigenvalue weighted by atomic mass is 10.2. The van der Waals surface area contributed by atoms with Gasteiger partial charge in [-0.3, -0.25) is 5.32 Å². The zero-order valence-corrected chi connectivity index (χ0v) is 9.07. The number of rotatable bonds is 2. The molecule has 0 fully saturated rings. The Morgan fingerprint density at radius 3 is 2.50 bits per heavy atom. The van der Waals surface area contributed by atoms with E-state index in [1.807, 2.05) is 0 Å². The molecule has 0 aliphatic carbocycles. The Kier molecular flexibility index (Phi) is 3.11. The molecule has 8 heteroatoms. The number of anilines is 1. The molecule has 8 nitrogen and oxygen atoms in total. The third kappa shape index (κ3) is 3.23. The molecule has 0 atom stereocenters. The van der Waals surface area contributed by atoms with Crippen molar-refractivity contribution in [2.45, 2.75) is 26.4 Å². The molecule has 16 heavy (non-hydrogen) atoms. The predicted molar refractivity (Wildman–Crippen MR) is 53.2 cm³/mol. The van der Waals surface area contributed by atoms with E-state index in [9.17, 15) is 9.59 Å². The zero-order valence-electron chi connectivity index (χ0n) is 9.07. The second-order valence-electron chi connectivity index (χ2n) is 3.95. The number of carbonyl (C=O) groups is 2. The summed E-state index contributed by atoms with van der Waals surface area (Å²) in [5.74, 6) is -1.47. The van der Waals surface area contributed by atoms with Crippen LogP contribution >= 0.6 is 0 Å². The molecule has 1 rings (SSSR count). The number of aromatic nitrogens is 3. The van der Waals surface area contributed by atoms with E-state index in [2.05, 4.69) is 20.7 Å². The Labute approximate surface area is 91.0 Å². The van der Waals surface area contributed by atoms with Crippen molar-refractivity contribution in [1.82, 2.24) is 15.4 Å². The fourth-order valence-corrected chi connectivity index (χ4v) is 0.867. The molecule has 1 aromatic heterocycles. The van der Waals surface area contributed by atoms with E-state index in [1.54, 1.807) is 20.8 Å². The smallest absolute Gasteiger partial charge is 0.413 e. The highest BCUT2D eigenvalue weighted by Gasteiger charge is 2.21. The molecule has 88 valence electrons. The van der Waals surface area contributed by atoms with Crippen LogP contribution in [0, 0.1) is 0 Å². The van der Waals surface area contributed by atoms with Crippen LogP contribution in [-0.2, 0) is 4.74 Å². The molecule has 3 N–H and O–H groups in total. The standard InChI is InChI=1S/C8H12N4O4/c1-8(2,3)16-7(15)9-5-4(6(13)14)10-12-11-5/h1-3H3,(H,13,14)(H2,9,10,11,12,15). The number of carbonyl (C=O) groups excluding carboxylic acids is 1. The summed E-state index contributed by atoms with van der Waals surface area (Å²) in [5.41, 5.74) is -1.04. The number of amides is 1. The summed E-state index contributed by atoms with van der Waals surface area (Å²) in [4.78, 5) is 21.9. The predicted octanol–water partition coefficient (Wildman–Crippen LogP) is 0.850. The first kappa shape index (κ1) is 12.0. The Morgan fingerprint density at radius 2 is 2.00 bits per heavy atom. The van der Waals surface area contributed by atoms with Gasteiger partial charge >= 0.3 is 12.1 Å². The van der Waals surface area contributed by atoms with Crippen LogP contribution in [0.2, 0.25) is 0 Å². The number of ether oxygens (including phenoxy) is 1. The van der Waals surface area contributed by atoms with Crippen LogP contribution in [0.4, 0.5) is 10.6 Å². The van der Waals surface area contributed by atoms with Crippen LogP contribution in [0.15, 0.2) is 0 Å². The Hall–Kier alpha value is -2.12. The molecule has 0 aromatic carbocycles. The van der Waals surface area contributed by atoms with Gasteiger partial charge in [-0.1, -0.05) is 0 Å². The van der Waals surface area contributed by atoms with Gasteiger partial charge in [-0.05, 0) is 20.8 Å². The van der Waals surface area contributed by atoms with E-state index < -0.39 is 17.7 Å². The van der Waals surface area contributed by atoms with E-state index in [1.165, 1.54) is 0 Å². The maximum Gasteiger partial charge on any atom is 0.413 e. The number of H-pyrrole nitrogens is 1. The van der Waals surface area contributed by atoms with E-state index in [0.29, 0.717) is 0 Å². The van der Waals surface area contributed by atoms with Crippen molar-refractivity contribution in [2.75, 3.05) is 5.32 Å². The van der Waals surface area contributed by atoms with Gasteiger partial charge in [0.25, 0.3) is 0 Å². The molecule has 1 amide bonds. The maximum absolute atomic E-state index is 11.3. The third-order valence-electron chi connectivity index (χ3n) is 1.37. The number of carboxylic acid groups (broad SMARTS) is 1. The van der Waals surface area contributed by atoms with Crippen molar-refractivity contribution < 1.29 is 19.4 Å². The summed E-state index contributed by atoms with van der Waals surface area (Å²) >= 11 is 0. The minimum Gasteiger partial charge on any atom is -0.476 e. The minimum absolute atomic E-state index is 0.179. The molecular formula is C8H12N4O4. The van der Waals surface area contributed by atoms with Crippen molar-refractivity contribution in [3.8, 4) is 0 Å². The van der Waals surface area contributed by atoms with Crippen LogP contribution in [0.1, 0.15) is 31.3 Å². The molecule has 1 heterocycles. The highest BCUT2D eigenvalue weighted by atomic mass is 16.6. The lowest BCUT2D eigenvalue weighted by molar-refractivity contribution is 0.0635. The van der Waals surface area contributed by atoms with Crippen LogP contribution in [0.3, 0.4) is 0 Å². The van der Waals surface area contributed by atoms with Gasteiger partial charge in [-0.25, -0.2) is 9.59 Å². The summed E-state index contributed by atoms with van der Waals surface area (Å²) in [6.07, 6.45) is -0.788. The summed E-state index contributed by atoms with van der Waals surface area (Å²) in [6, 6.07) is 0. The quantitative estimate of drug-likeness (QED) is 0.690. The number of hydrogen-bond donors (Lipinski definition) is 3. The van der Waals surface area contributed by atoms with Gasteiger partial charge < -0.3 is 9.84 Å². The first-order valence-corrected chi connectivity index (χ1v) is 4.43. The number of aromatic amines is 1. The van der Waals surface area contributed by atoms with Crippen LogP contribution in [0.5, 0.6) is 0 Å². The SMILES string of the molecule is CC(C)(C)OC(=O)Nc1n[nH]nc1C(=O)O. The average Bonchev–Trinajstić information content (AvgIpc) is 2.47. The second-order valence-corrected chi connectivity index (χ2v) is 3.95. The van der Waals surface area contributed by atoms with E-state index in [4.69, 9.17) is 9.84 Å². The van der Waals surface area contributed by atoms with Crippen molar-refractivity contribution in [2.24, 2.45) is 0 Å². The van der Waals surface area contributed by atoms with E-state index in [-0.39, 0.29) is 11.5 Å². The van der Waals surface area contributed by atoms with Gasteiger partial charge in [0.1, 0.15) is 5.60 Å². The topological polar surface area (TPSA) is 117 Å². The molecule has 1 aromatic rings. The van der Waals surface area contributed by atoms with Gasteiger partial charge in [0.15, 0.2) is 5.82 Å². The van der Waals surface area contributed by atoms with Crippen LogP contribution in [0.25, 0.3) is 0 Å². The molecular weight excluding hydrogens is 216 g/mol. The monoisotopic (exact) mass is 228 g/mol. The van der Waals surface area contributed by atoms with E-state index >= 15 is 0 Å². The fourth-order valence-electron chi connectivity index (χ4n) is 0.867. The van der Waals surface area contributed by atoms with Crippen LogP contribution in [-0.4, -0.2) is 38.2 Å². The zero-order chi connectivity index (χ0) is 12.3. The van der Waals surface area contributed by atoms with Crippen molar-refractivity contribution >= 4 is 17.9 Å². The van der Waals surface area contributed by atoms with Gasteiger partial charge in [0.05, 0.1) is 0 Å². The molecule has 0 aliphatic heterocycles. The number of nitrogens with zero attached hydrogens (tertiary/aromatic N) is 2. The summed E-state index contributed by atoms with van der Waals surface area (Å²) in [6.45, 7) is 5.06. The van der Waals surface area contributed by atoms with Crippen molar-refractivity contribution in [3.05, 3.63) is 5.69 Å². The molecule has 0 radical (unpaired) electrons. The molecule has 0 aliphatic rings. The lowest BCUT2D eigenvalue weighted by Gasteiger charge is -2.19. The lowest BCUT2D eigenvalue weighted by Crippen LogP contribution is -2.27. The third-order valence-corrected chi connectivity index (χ3v) is 1.37. The number of aromatic carboxylic acids is 1. The number of nitrogens with one attached hydrogen (secondary N) is 2. The molecule has 0 saturated heterocycles. The maximum atomic E-state index is 11.3. The Morgan fingerprint density at radius 1 is 1.38 bits per heavy atom. The summed E-state index contributed by atoms with van der Waals surface area (Å²) < 4.78 is 4.92. The average molecular weight is 228 g/mol. The first-order chi connectivity index (χ1) is 7.29. The van der Waals surface area contributed by atoms with Gasteiger partial charge in [-0.2, -0.15) is 5.21 Å². The van der Waals surface area contributed by atoms with Gasteiger partial charge in [0, 0.05) is 0 Å². The van der Waals surface area contributed by atoms with Crippen molar-refractivity contribution in [1.29, 1.82) is 0 Å². The molecule has 0 spiro atoms. The van der Waals surface area contributed by atoms with Gasteiger partial charge in [-0.15, -0.1) is 10.2 Å². The summed E-state index contributed by atoms with van der Waals surface area (Å²) in [7, 11) is 0. The Bertz CT molecular complexity index is 406. The summed E-state index contributed by atoms with van der Waals surface area (Å²) in [5, 5.41) is 19.8. The number of carboxylic acids is 1. The normalized spacial score (nSPS) is 10.9. The Balaban J connectivity index is 2.70. The second kappa shape index (κ2) is 4.17. The minimum atomic E-state index is -1.29. The van der Waals surface area contributed by atoms with E-state index in [0.717, 1.165) is 0 Å². The fraction of sp³-hybridized carbons (Fsp3) is 0.500. The van der Waals surface area contributed by atoms with Crippen LogP contribution < -0.4 is 5.32 Å². The molecule has 0 bridgehead atoms. The molecule has 0 unspecified atom stereocenters.